The zero-order chi connectivity index (χ0) is 19.2. The second-order valence-corrected chi connectivity index (χ2v) is 6.91. The Morgan fingerprint density at radius 1 is 1.19 bits per heavy atom. The number of nitrogens with zero attached hydrogens (tertiary/aromatic N) is 2. The van der Waals surface area contributed by atoms with Gasteiger partial charge in [-0.1, -0.05) is 48.9 Å². The van der Waals surface area contributed by atoms with E-state index < -0.39 is 0 Å². The van der Waals surface area contributed by atoms with Gasteiger partial charge in [-0.05, 0) is 36.6 Å². The summed E-state index contributed by atoms with van der Waals surface area (Å²) >= 11 is 6.01. The maximum atomic E-state index is 12.7. The first kappa shape index (κ1) is 19.1. The number of rotatable bonds is 7. The van der Waals surface area contributed by atoms with Gasteiger partial charge in [0.15, 0.2) is 0 Å². The van der Waals surface area contributed by atoms with Crippen molar-refractivity contribution in [1.29, 1.82) is 0 Å². The summed E-state index contributed by atoms with van der Waals surface area (Å²) < 4.78 is 0. The minimum Gasteiger partial charge on any atom is -0.335 e. The highest BCUT2D eigenvalue weighted by molar-refractivity contribution is 6.31. The van der Waals surface area contributed by atoms with Gasteiger partial charge in [0.1, 0.15) is 5.82 Å². The van der Waals surface area contributed by atoms with Crippen LogP contribution in [0.3, 0.4) is 0 Å². The fraction of sp³-hybridized carbons (Fsp3) is 0.286. The topological polar surface area (TPSA) is 66.1 Å². The van der Waals surface area contributed by atoms with Crippen molar-refractivity contribution in [3.8, 4) is 0 Å². The zero-order valence-electron chi connectivity index (χ0n) is 15.2. The molecule has 0 aliphatic carbocycles. The SMILES string of the molecule is CCCN(Cc1nc2cc(Cl)ccc2c(=O)[nH]1)C(=O)CCc1ccccc1. The molecular formula is C21H22ClN3O2. The highest BCUT2D eigenvalue weighted by Crippen LogP contribution is 2.15. The Balaban J connectivity index is 1.76. The molecule has 27 heavy (non-hydrogen) atoms. The van der Waals surface area contributed by atoms with Crippen LogP contribution in [0.5, 0.6) is 0 Å². The second-order valence-electron chi connectivity index (χ2n) is 6.47. The normalized spacial score (nSPS) is 10.9. The predicted molar refractivity (Wildman–Crippen MR) is 108 cm³/mol. The summed E-state index contributed by atoms with van der Waals surface area (Å²) in [6, 6.07) is 14.9. The molecule has 0 radical (unpaired) electrons. The molecule has 3 rings (SSSR count). The van der Waals surface area contributed by atoms with Gasteiger partial charge in [0.25, 0.3) is 5.56 Å². The summed E-state index contributed by atoms with van der Waals surface area (Å²) in [5.41, 5.74) is 1.45. The number of hydrogen-bond acceptors (Lipinski definition) is 3. The minimum atomic E-state index is -0.222. The average molecular weight is 384 g/mol. The molecule has 0 aliphatic heterocycles. The molecule has 3 aromatic rings. The van der Waals surface area contributed by atoms with Gasteiger partial charge in [0.05, 0.1) is 17.4 Å². The first-order chi connectivity index (χ1) is 13.1. The summed E-state index contributed by atoms with van der Waals surface area (Å²) in [5.74, 6) is 0.519. The van der Waals surface area contributed by atoms with E-state index in [1.807, 2.05) is 37.3 Å². The van der Waals surface area contributed by atoms with Crippen LogP contribution in [0, 0.1) is 0 Å². The highest BCUT2D eigenvalue weighted by Gasteiger charge is 2.15. The van der Waals surface area contributed by atoms with E-state index in [4.69, 9.17) is 11.6 Å². The lowest BCUT2D eigenvalue weighted by Crippen LogP contribution is -2.33. The monoisotopic (exact) mass is 383 g/mol. The quantitative estimate of drug-likeness (QED) is 0.671. The van der Waals surface area contributed by atoms with E-state index in [9.17, 15) is 9.59 Å². The van der Waals surface area contributed by atoms with Crippen LogP contribution in [0.1, 0.15) is 31.2 Å². The van der Waals surface area contributed by atoms with Crippen molar-refractivity contribution in [3.05, 3.63) is 75.3 Å². The fourth-order valence-electron chi connectivity index (χ4n) is 3.03. The largest absolute Gasteiger partial charge is 0.335 e. The number of aromatic amines is 1. The first-order valence-electron chi connectivity index (χ1n) is 9.07. The van der Waals surface area contributed by atoms with Gasteiger partial charge in [-0.2, -0.15) is 0 Å². The van der Waals surface area contributed by atoms with Gasteiger partial charge in [-0.15, -0.1) is 0 Å². The summed E-state index contributed by atoms with van der Waals surface area (Å²) in [7, 11) is 0. The summed E-state index contributed by atoms with van der Waals surface area (Å²) in [4.78, 5) is 34.0. The lowest BCUT2D eigenvalue weighted by Gasteiger charge is -2.21. The van der Waals surface area contributed by atoms with Crippen LogP contribution in [-0.2, 0) is 17.8 Å². The standard InChI is InChI=1S/C21H22ClN3O2/c1-2-12-25(20(26)11-8-15-6-4-3-5-7-15)14-19-23-18-13-16(22)9-10-17(18)21(27)24-19/h3-7,9-10,13H,2,8,11-12,14H2,1H3,(H,23,24,27). The minimum absolute atomic E-state index is 0.0505. The third kappa shape index (κ3) is 4.95. The number of nitrogens with one attached hydrogen (secondary N) is 1. The molecule has 1 amide bonds. The van der Waals surface area contributed by atoms with E-state index in [0.29, 0.717) is 41.1 Å². The number of benzene rings is 2. The van der Waals surface area contributed by atoms with E-state index in [0.717, 1.165) is 12.0 Å². The van der Waals surface area contributed by atoms with E-state index >= 15 is 0 Å². The van der Waals surface area contributed by atoms with Gasteiger partial charge in [0, 0.05) is 18.0 Å². The van der Waals surface area contributed by atoms with Crippen LogP contribution in [-0.4, -0.2) is 27.3 Å². The van der Waals surface area contributed by atoms with Crippen molar-refractivity contribution in [2.24, 2.45) is 0 Å². The Morgan fingerprint density at radius 2 is 1.96 bits per heavy atom. The van der Waals surface area contributed by atoms with Crippen LogP contribution >= 0.6 is 11.6 Å². The number of carbonyl (C=O) groups is 1. The molecule has 140 valence electrons. The highest BCUT2D eigenvalue weighted by atomic mass is 35.5. The van der Waals surface area contributed by atoms with Crippen molar-refractivity contribution >= 4 is 28.4 Å². The van der Waals surface area contributed by atoms with Gasteiger partial charge in [-0.25, -0.2) is 4.98 Å². The maximum Gasteiger partial charge on any atom is 0.258 e. The molecule has 0 atom stereocenters. The smallest absolute Gasteiger partial charge is 0.258 e. The number of hydrogen-bond donors (Lipinski definition) is 1. The van der Waals surface area contributed by atoms with Crippen molar-refractivity contribution in [2.45, 2.75) is 32.7 Å². The number of fused-ring (bicyclic) bond motifs is 1. The Labute approximate surface area is 163 Å². The van der Waals surface area contributed by atoms with Crippen molar-refractivity contribution in [3.63, 3.8) is 0 Å². The van der Waals surface area contributed by atoms with Gasteiger partial charge < -0.3 is 9.88 Å². The number of H-pyrrole nitrogens is 1. The van der Waals surface area contributed by atoms with Crippen LogP contribution in [0.2, 0.25) is 5.02 Å². The molecule has 0 spiro atoms. The van der Waals surface area contributed by atoms with E-state index in [-0.39, 0.29) is 18.0 Å². The molecule has 0 fully saturated rings. The lowest BCUT2D eigenvalue weighted by molar-refractivity contribution is -0.131. The molecular weight excluding hydrogens is 362 g/mol. The zero-order valence-corrected chi connectivity index (χ0v) is 16.0. The number of aryl methyl sites for hydroxylation is 1. The first-order valence-corrected chi connectivity index (χ1v) is 9.44. The predicted octanol–water partition coefficient (Wildman–Crippen LogP) is 3.95. The average Bonchev–Trinajstić information content (AvgIpc) is 2.66. The number of amides is 1. The Hall–Kier alpha value is -2.66. The van der Waals surface area contributed by atoms with Crippen LogP contribution < -0.4 is 5.56 Å². The summed E-state index contributed by atoms with van der Waals surface area (Å²) in [6.07, 6.45) is 1.95. The van der Waals surface area contributed by atoms with E-state index in [1.165, 1.54) is 0 Å². The molecule has 1 aromatic heterocycles. The summed E-state index contributed by atoms with van der Waals surface area (Å²) in [6.45, 7) is 2.91. The van der Waals surface area contributed by atoms with Gasteiger partial charge in [-0.3, -0.25) is 9.59 Å². The molecule has 5 nitrogen and oxygen atoms in total. The Morgan fingerprint density at radius 3 is 2.70 bits per heavy atom. The fourth-order valence-corrected chi connectivity index (χ4v) is 3.20. The van der Waals surface area contributed by atoms with E-state index in [2.05, 4.69) is 9.97 Å². The maximum absolute atomic E-state index is 12.7. The molecule has 2 aromatic carbocycles. The molecule has 1 N–H and O–H groups in total. The van der Waals surface area contributed by atoms with Crippen molar-refractivity contribution in [2.75, 3.05) is 6.54 Å². The summed E-state index contributed by atoms with van der Waals surface area (Å²) in [5, 5.41) is 1.01. The molecule has 6 heteroatoms. The van der Waals surface area contributed by atoms with Crippen molar-refractivity contribution < 1.29 is 4.79 Å². The molecule has 0 saturated heterocycles. The van der Waals surface area contributed by atoms with Crippen LogP contribution in [0.15, 0.2) is 53.3 Å². The molecule has 0 unspecified atom stereocenters. The van der Waals surface area contributed by atoms with Gasteiger partial charge in [0.2, 0.25) is 5.91 Å². The van der Waals surface area contributed by atoms with E-state index in [1.54, 1.807) is 23.1 Å². The third-order valence-corrected chi connectivity index (χ3v) is 4.61. The molecule has 0 bridgehead atoms. The molecule has 0 saturated carbocycles. The van der Waals surface area contributed by atoms with Crippen LogP contribution in [0.4, 0.5) is 0 Å². The third-order valence-electron chi connectivity index (χ3n) is 4.37. The Kier molecular flexibility index (Phi) is 6.24. The molecule has 1 heterocycles. The lowest BCUT2D eigenvalue weighted by atomic mass is 10.1. The van der Waals surface area contributed by atoms with Crippen molar-refractivity contribution in [1.82, 2.24) is 14.9 Å². The molecule has 0 aliphatic rings. The second kappa shape index (κ2) is 8.82. The van der Waals surface area contributed by atoms with Gasteiger partial charge >= 0.3 is 0 Å². The number of carbonyl (C=O) groups excluding carboxylic acids is 1. The van der Waals surface area contributed by atoms with Crippen LogP contribution in [0.25, 0.3) is 10.9 Å². The number of aromatic nitrogens is 2. The number of halogens is 1. The Bertz CT molecular complexity index is 986.